The molecule has 2 atom stereocenters. The van der Waals surface area contributed by atoms with E-state index < -0.39 is 23.7 Å². The Balaban J connectivity index is 2.08. The maximum Gasteiger partial charge on any atom is 0.336 e. The van der Waals surface area contributed by atoms with E-state index in [1.807, 2.05) is 6.92 Å². The van der Waals surface area contributed by atoms with Gasteiger partial charge < -0.3 is 9.58 Å². The van der Waals surface area contributed by atoms with Crippen molar-refractivity contribution in [3.8, 4) is 0 Å². The molecule has 0 amide bonds. The van der Waals surface area contributed by atoms with E-state index in [-0.39, 0.29) is 5.02 Å². The van der Waals surface area contributed by atoms with E-state index in [2.05, 4.69) is 9.84 Å². The lowest BCUT2D eigenvalue weighted by Gasteiger charge is -2.27. The summed E-state index contributed by atoms with van der Waals surface area (Å²) >= 11 is 6.27. The van der Waals surface area contributed by atoms with Gasteiger partial charge in [-0.25, -0.2) is 15.8 Å². The number of aliphatic imine (C=N–C) groups is 1. The zero-order valence-electron chi connectivity index (χ0n) is 14.8. The van der Waals surface area contributed by atoms with Gasteiger partial charge in [0.25, 0.3) is 6.04 Å². The van der Waals surface area contributed by atoms with Crippen LogP contribution in [-0.4, -0.2) is 24.3 Å². The summed E-state index contributed by atoms with van der Waals surface area (Å²) in [6.45, 7) is 11.7. The average Bonchev–Trinajstić information content (AvgIpc) is 3.43. The quantitative estimate of drug-likeness (QED) is 0.541. The fourth-order valence-corrected chi connectivity index (χ4v) is 3.52. The highest BCUT2D eigenvalue weighted by Crippen LogP contribution is 2.41. The van der Waals surface area contributed by atoms with Gasteiger partial charge in [0.2, 0.25) is 0 Å². The smallest absolute Gasteiger partial charge is 0.336 e. The monoisotopic (exact) mass is 374 g/mol. The summed E-state index contributed by atoms with van der Waals surface area (Å²) in [5, 5.41) is 0.196. The molecule has 1 aliphatic carbocycles. The minimum Gasteiger partial charge on any atom is -0.462 e. The first-order chi connectivity index (χ1) is 12.5. The van der Waals surface area contributed by atoms with Crippen molar-refractivity contribution in [3.63, 3.8) is 0 Å². The molecule has 1 aromatic carbocycles. The Morgan fingerprint density at radius 3 is 2.77 bits per heavy atom. The van der Waals surface area contributed by atoms with E-state index in [1.165, 1.54) is 12.1 Å². The fraction of sp³-hybridized carbons (Fsp3) is 0.450. The zero-order chi connectivity index (χ0) is 18.8. The van der Waals surface area contributed by atoms with Crippen LogP contribution in [0.5, 0.6) is 0 Å². The molecule has 1 aliphatic heterocycles. The lowest BCUT2D eigenvalue weighted by molar-refractivity contribution is -0.140. The predicted molar refractivity (Wildman–Crippen MR) is 98.7 cm³/mol. The summed E-state index contributed by atoms with van der Waals surface area (Å²) < 4.78 is 19.0. The number of hydrogen-bond acceptors (Lipinski definition) is 3. The van der Waals surface area contributed by atoms with Crippen molar-refractivity contribution in [2.24, 2.45) is 10.9 Å². The summed E-state index contributed by atoms with van der Waals surface area (Å²) in [7, 11) is 0. The van der Waals surface area contributed by atoms with E-state index in [1.54, 1.807) is 13.0 Å². The van der Waals surface area contributed by atoms with Crippen LogP contribution in [0, 0.1) is 18.3 Å². The van der Waals surface area contributed by atoms with Crippen LogP contribution < -0.4 is 0 Å². The van der Waals surface area contributed by atoms with Crippen LogP contribution in [0.15, 0.2) is 34.5 Å². The van der Waals surface area contributed by atoms with Gasteiger partial charge >= 0.3 is 5.97 Å². The first-order valence-electron chi connectivity index (χ1n) is 8.73. The number of rotatable bonds is 5. The first-order valence-corrected chi connectivity index (χ1v) is 9.10. The van der Waals surface area contributed by atoms with E-state index in [0.717, 1.165) is 12.8 Å². The Kier molecular flexibility index (Phi) is 5.43. The number of allylic oxidation sites excluding steroid dienone is 1. The van der Waals surface area contributed by atoms with Crippen molar-refractivity contribution >= 4 is 23.3 Å². The lowest BCUT2D eigenvalue weighted by atomic mass is 9.79. The molecule has 1 aromatic rings. The van der Waals surface area contributed by atoms with E-state index in [4.69, 9.17) is 22.9 Å². The summed E-state index contributed by atoms with van der Waals surface area (Å²) in [5.41, 5.74) is 2.15. The molecule has 1 saturated carbocycles. The van der Waals surface area contributed by atoms with Crippen molar-refractivity contribution in [2.45, 2.75) is 45.1 Å². The summed E-state index contributed by atoms with van der Waals surface area (Å²) in [5.74, 6) is -1.09. The van der Waals surface area contributed by atoms with E-state index in [0.29, 0.717) is 41.5 Å². The SMILES string of the molecule is [C-]#[N+]C1C(C)=NC(CC)=C(C(=O)OCC2CC2)C1c1ccc(F)cc1Cl. The molecule has 0 aromatic heterocycles. The molecule has 0 N–H and O–H groups in total. The molecule has 2 unspecified atom stereocenters. The highest BCUT2D eigenvalue weighted by molar-refractivity contribution is 6.31. The first kappa shape index (κ1) is 18.6. The number of nitrogens with zero attached hydrogens (tertiary/aromatic N) is 2. The second kappa shape index (κ2) is 7.59. The molecule has 3 rings (SSSR count). The lowest BCUT2D eigenvalue weighted by Crippen LogP contribution is -2.33. The molecule has 6 heteroatoms. The summed E-state index contributed by atoms with van der Waals surface area (Å²) in [6.07, 6.45) is 2.68. The fourth-order valence-electron chi connectivity index (χ4n) is 3.24. The van der Waals surface area contributed by atoms with Gasteiger partial charge in [-0.15, -0.1) is 0 Å². The third-order valence-corrected chi connectivity index (χ3v) is 5.14. The Bertz CT molecular complexity index is 837. The largest absolute Gasteiger partial charge is 0.462 e. The maximum absolute atomic E-state index is 13.5. The Labute approximate surface area is 157 Å². The summed E-state index contributed by atoms with van der Waals surface area (Å²) in [6, 6.07) is 3.37. The molecular weight excluding hydrogens is 355 g/mol. The van der Waals surface area contributed by atoms with Crippen LogP contribution in [-0.2, 0) is 9.53 Å². The van der Waals surface area contributed by atoms with Crippen LogP contribution >= 0.6 is 11.6 Å². The molecule has 1 heterocycles. The molecule has 0 spiro atoms. The Morgan fingerprint density at radius 2 is 2.19 bits per heavy atom. The zero-order valence-corrected chi connectivity index (χ0v) is 15.5. The molecule has 1 fully saturated rings. The number of esters is 1. The second-order valence-electron chi connectivity index (χ2n) is 6.73. The highest BCUT2D eigenvalue weighted by atomic mass is 35.5. The van der Waals surface area contributed by atoms with Crippen LogP contribution in [0.2, 0.25) is 5.02 Å². The minimum atomic E-state index is -0.670. The maximum atomic E-state index is 13.5. The van der Waals surface area contributed by atoms with Crippen molar-refractivity contribution in [1.29, 1.82) is 0 Å². The molecular formula is C20H20ClFN2O2. The molecule has 26 heavy (non-hydrogen) atoms. The van der Waals surface area contributed by atoms with Gasteiger partial charge in [0.15, 0.2) is 0 Å². The van der Waals surface area contributed by atoms with Gasteiger partial charge in [0, 0.05) is 5.02 Å². The standard InChI is InChI=1S/C20H20ClFN2O2/c1-4-16-18(20(25)26-10-12-5-6-12)17(19(23-3)11(2)24-16)14-8-7-13(22)9-15(14)21/h7-9,12,17,19H,4-6,10H2,1-2H3. The number of benzene rings is 1. The second-order valence-corrected chi connectivity index (χ2v) is 7.13. The van der Waals surface area contributed by atoms with Crippen LogP contribution in [0.25, 0.3) is 4.85 Å². The topological polar surface area (TPSA) is 43.0 Å². The highest BCUT2D eigenvalue weighted by Gasteiger charge is 2.43. The van der Waals surface area contributed by atoms with Crippen LogP contribution in [0.3, 0.4) is 0 Å². The molecule has 0 radical (unpaired) electrons. The van der Waals surface area contributed by atoms with Gasteiger partial charge in [-0.05, 0) is 49.8 Å². The van der Waals surface area contributed by atoms with Crippen molar-refractivity contribution in [3.05, 3.63) is 57.3 Å². The van der Waals surface area contributed by atoms with Gasteiger partial charge in [0.1, 0.15) is 11.7 Å². The van der Waals surface area contributed by atoms with Gasteiger partial charge in [-0.2, -0.15) is 0 Å². The van der Waals surface area contributed by atoms with E-state index >= 15 is 0 Å². The van der Waals surface area contributed by atoms with Crippen molar-refractivity contribution in [1.82, 2.24) is 0 Å². The van der Waals surface area contributed by atoms with Crippen molar-refractivity contribution in [2.75, 3.05) is 6.61 Å². The Morgan fingerprint density at radius 1 is 1.46 bits per heavy atom. The van der Waals surface area contributed by atoms with E-state index in [9.17, 15) is 9.18 Å². The van der Waals surface area contributed by atoms with Gasteiger partial charge in [-0.1, -0.05) is 24.6 Å². The number of ether oxygens (including phenoxy) is 1. The molecule has 136 valence electrons. The number of hydrogen-bond donors (Lipinski definition) is 0. The average molecular weight is 375 g/mol. The van der Waals surface area contributed by atoms with Crippen LogP contribution in [0.1, 0.15) is 44.6 Å². The molecule has 4 nitrogen and oxygen atoms in total. The number of carbonyl (C=O) groups is 1. The van der Waals surface area contributed by atoms with Crippen molar-refractivity contribution < 1.29 is 13.9 Å². The molecule has 0 bridgehead atoms. The molecule has 0 saturated heterocycles. The third kappa shape index (κ3) is 3.66. The number of halogens is 2. The minimum absolute atomic E-state index is 0.196. The third-order valence-electron chi connectivity index (χ3n) is 4.82. The normalized spacial score (nSPS) is 22.7. The van der Waals surface area contributed by atoms with Gasteiger partial charge in [-0.3, -0.25) is 4.99 Å². The van der Waals surface area contributed by atoms with Crippen LogP contribution in [0.4, 0.5) is 4.39 Å². The Hall–Kier alpha value is -2.19. The predicted octanol–water partition coefficient (Wildman–Crippen LogP) is 4.94. The molecule has 2 aliphatic rings. The van der Waals surface area contributed by atoms with Gasteiger partial charge in [0.05, 0.1) is 23.6 Å². The number of carbonyl (C=O) groups excluding carboxylic acids is 1. The summed E-state index contributed by atoms with van der Waals surface area (Å²) in [4.78, 5) is 21.0.